The van der Waals surface area contributed by atoms with Crippen LogP contribution < -0.4 is 0 Å². The van der Waals surface area contributed by atoms with E-state index < -0.39 is 0 Å². The van der Waals surface area contributed by atoms with Crippen molar-refractivity contribution in [2.75, 3.05) is 0 Å². The number of pyridine rings is 1. The molecule has 0 aliphatic rings. The standard InChI is InChI=1S/C8H4FN3/c9-6-1-2-11-7-5(3-10)4-12-8(6)7/h1-2,4,12H. The van der Waals surface area contributed by atoms with Crippen molar-refractivity contribution in [2.24, 2.45) is 0 Å². The van der Waals surface area contributed by atoms with E-state index in [0.717, 1.165) is 0 Å². The molecular weight excluding hydrogens is 157 g/mol. The number of aromatic amines is 1. The first kappa shape index (κ1) is 6.80. The van der Waals surface area contributed by atoms with Gasteiger partial charge in [-0.1, -0.05) is 0 Å². The second-order valence-corrected chi connectivity index (χ2v) is 2.33. The molecule has 0 saturated heterocycles. The Morgan fingerprint density at radius 1 is 1.58 bits per heavy atom. The van der Waals surface area contributed by atoms with Crippen LogP contribution in [0.5, 0.6) is 0 Å². The maximum absolute atomic E-state index is 13.0. The SMILES string of the molecule is N#Cc1c[nH]c2c(F)ccnc12. The van der Waals surface area contributed by atoms with Crippen molar-refractivity contribution in [2.45, 2.75) is 0 Å². The molecule has 2 aromatic heterocycles. The molecule has 58 valence electrons. The van der Waals surface area contributed by atoms with Gasteiger partial charge in [0.25, 0.3) is 0 Å². The van der Waals surface area contributed by atoms with E-state index in [4.69, 9.17) is 5.26 Å². The third-order valence-electron chi connectivity index (χ3n) is 1.64. The molecule has 4 heteroatoms. The quantitative estimate of drug-likeness (QED) is 0.637. The van der Waals surface area contributed by atoms with Gasteiger partial charge < -0.3 is 4.98 Å². The monoisotopic (exact) mass is 161 g/mol. The summed E-state index contributed by atoms with van der Waals surface area (Å²) in [5.74, 6) is -0.387. The van der Waals surface area contributed by atoms with Crippen molar-refractivity contribution in [3.05, 3.63) is 29.8 Å². The maximum Gasteiger partial charge on any atom is 0.150 e. The lowest BCUT2D eigenvalue weighted by Crippen LogP contribution is -1.80. The molecule has 0 aromatic carbocycles. The summed E-state index contributed by atoms with van der Waals surface area (Å²) in [6.07, 6.45) is 2.78. The highest BCUT2D eigenvalue weighted by molar-refractivity contribution is 5.81. The fourth-order valence-corrected chi connectivity index (χ4v) is 1.08. The summed E-state index contributed by atoms with van der Waals surface area (Å²) in [7, 11) is 0. The molecular formula is C8H4FN3. The minimum atomic E-state index is -0.387. The third kappa shape index (κ3) is 0.768. The first-order valence-electron chi connectivity index (χ1n) is 3.34. The second-order valence-electron chi connectivity index (χ2n) is 2.33. The minimum Gasteiger partial charge on any atom is -0.356 e. The van der Waals surface area contributed by atoms with Crippen LogP contribution in [-0.4, -0.2) is 9.97 Å². The summed E-state index contributed by atoms with van der Waals surface area (Å²) in [5, 5.41) is 8.58. The lowest BCUT2D eigenvalue weighted by atomic mass is 10.3. The van der Waals surface area contributed by atoms with Crippen LogP contribution in [0.15, 0.2) is 18.5 Å². The van der Waals surface area contributed by atoms with Crippen LogP contribution in [0.2, 0.25) is 0 Å². The Morgan fingerprint density at radius 3 is 3.17 bits per heavy atom. The smallest absolute Gasteiger partial charge is 0.150 e. The van der Waals surface area contributed by atoms with Crippen LogP contribution >= 0.6 is 0 Å². The number of hydrogen-bond donors (Lipinski definition) is 1. The van der Waals surface area contributed by atoms with Gasteiger partial charge in [-0.25, -0.2) is 4.39 Å². The predicted octanol–water partition coefficient (Wildman–Crippen LogP) is 1.57. The zero-order valence-corrected chi connectivity index (χ0v) is 6.00. The Hall–Kier alpha value is -1.89. The third-order valence-corrected chi connectivity index (χ3v) is 1.64. The number of fused-ring (bicyclic) bond motifs is 1. The van der Waals surface area contributed by atoms with Crippen molar-refractivity contribution in [1.82, 2.24) is 9.97 Å². The number of halogens is 1. The molecule has 2 rings (SSSR count). The van der Waals surface area contributed by atoms with Crippen LogP contribution in [0, 0.1) is 17.1 Å². The average molecular weight is 161 g/mol. The van der Waals surface area contributed by atoms with E-state index in [9.17, 15) is 4.39 Å². The summed E-state index contributed by atoms with van der Waals surface area (Å²) in [6.45, 7) is 0. The molecule has 12 heavy (non-hydrogen) atoms. The molecule has 2 heterocycles. The molecule has 0 unspecified atom stereocenters. The Labute approximate surface area is 67.5 Å². The van der Waals surface area contributed by atoms with Gasteiger partial charge in [-0.05, 0) is 6.07 Å². The predicted molar refractivity (Wildman–Crippen MR) is 40.8 cm³/mol. The molecule has 0 saturated carbocycles. The number of nitrogens with one attached hydrogen (secondary N) is 1. The van der Waals surface area contributed by atoms with E-state index in [1.54, 1.807) is 0 Å². The van der Waals surface area contributed by atoms with E-state index in [1.807, 2.05) is 6.07 Å². The van der Waals surface area contributed by atoms with Crippen molar-refractivity contribution in [1.29, 1.82) is 5.26 Å². The summed E-state index contributed by atoms with van der Waals surface area (Å²) in [4.78, 5) is 6.53. The Morgan fingerprint density at radius 2 is 2.42 bits per heavy atom. The number of rotatable bonds is 0. The molecule has 0 atom stereocenters. The largest absolute Gasteiger partial charge is 0.356 e. The molecule has 0 spiro atoms. The lowest BCUT2D eigenvalue weighted by Gasteiger charge is -1.89. The molecule has 1 N–H and O–H groups in total. The average Bonchev–Trinajstić information content (AvgIpc) is 2.49. The zero-order valence-electron chi connectivity index (χ0n) is 6.00. The van der Waals surface area contributed by atoms with Gasteiger partial charge in [0.2, 0.25) is 0 Å². The van der Waals surface area contributed by atoms with Crippen molar-refractivity contribution < 1.29 is 4.39 Å². The van der Waals surface area contributed by atoms with Gasteiger partial charge in [0.05, 0.1) is 5.56 Å². The van der Waals surface area contributed by atoms with Gasteiger partial charge >= 0.3 is 0 Å². The fourth-order valence-electron chi connectivity index (χ4n) is 1.08. The minimum absolute atomic E-state index is 0.286. The number of hydrogen-bond acceptors (Lipinski definition) is 2. The van der Waals surface area contributed by atoms with E-state index >= 15 is 0 Å². The van der Waals surface area contributed by atoms with Crippen molar-refractivity contribution in [3.8, 4) is 6.07 Å². The van der Waals surface area contributed by atoms with Gasteiger partial charge in [-0.3, -0.25) is 4.98 Å². The Bertz CT molecular complexity index is 467. The highest BCUT2D eigenvalue weighted by Gasteiger charge is 2.06. The number of H-pyrrole nitrogens is 1. The highest BCUT2D eigenvalue weighted by atomic mass is 19.1. The van der Waals surface area contributed by atoms with Crippen LogP contribution in [-0.2, 0) is 0 Å². The molecule has 0 aliphatic heterocycles. The molecule has 0 bridgehead atoms. The second kappa shape index (κ2) is 2.31. The highest BCUT2D eigenvalue weighted by Crippen LogP contribution is 2.16. The molecule has 0 amide bonds. The molecule has 2 aromatic rings. The lowest BCUT2D eigenvalue weighted by molar-refractivity contribution is 0.636. The van der Waals surface area contributed by atoms with Gasteiger partial charge in [0.15, 0.2) is 0 Å². The van der Waals surface area contributed by atoms with E-state index in [-0.39, 0.29) is 11.3 Å². The Kier molecular flexibility index (Phi) is 1.31. The number of aromatic nitrogens is 2. The summed E-state index contributed by atoms with van der Waals surface area (Å²) < 4.78 is 13.0. The van der Waals surface area contributed by atoms with Crippen LogP contribution in [0.25, 0.3) is 11.0 Å². The molecule has 0 radical (unpaired) electrons. The van der Waals surface area contributed by atoms with Gasteiger partial charge in [0.1, 0.15) is 22.9 Å². The summed E-state index contributed by atoms with van der Waals surface area (Å²) in [5.41, 5.74) is 1.04. The molecule has 0 fully saturated rings. The van der Waals surface area contributed by atoms with Crippen LogP contribution in [0.4, 0.5) is 4.39 Å². The normalized spacial score (nSPS) is 10.0. The number of nitriles is 1. The van der Waals surface area contributed by atoms with Crippen LogP contribution in [0.1, 0.15) is 5.56 Å². The van der Waals surface area contributed by atoms with E-state index in [1.165, 1.54) is 18.5 Å². The summed E-state index contributed by atoms with van der Waals surface area (Å²) in [6, 6.07) is 3.17. The number of nitrogens with zero attached hydrogens (tertiary/aromatic N) is 2. The van der Waals surface area contributed by atoms with E-state index in [2.05, 4.69) is 9.97 Å². The van der Waals surface area contributed by atoms with Crippen molar-refractivity contribution >= 4 is 11.0 Å². The first-order valence-corrected chi connectivity index (χ1v) is 3.34. The van der Waals surface area contributed by atoms with Crippen LogP contribution in [0.3, 0.4) is 0 Å². The first-order chi connectivity index (χ1) is 5.83. The van der Waals surface area contributed by atoms with Gasteiger partial charge in [-0.15, -0.1) is 0 Å². The molecule has 0 aliphatic carbocycles. The molecule has 3 nitrogen and oxygen atoms in total. The van der Waals surface area contributed by atoms with E-state index in [0.29, 0.717) is 11.1 Å². The van der Waals surface area contributed by atoms with Gasteiger partial charge in [0, 0.05) is 12.4 Å². The Balaban J connectivity index is 2.91. The topological polar surface area (TPSA) is 52.5 Å². The fraction of sp³-hybridized carbons (Fsp3) is 0. The maximum atomic E-state index is 13.0. The van der Waals surface area contributed by atoms with Crippen molar-refractivity contribution in [3.63, 3.8) is 0 Å². The summed E-state index contributed by atoms with van der Waals surface area (Å²) >= 11 is 0. The van der Waals surface area contributed by atoms with Gasteiger partial charge in [-0.2, -0.15) is 5.26 Å². The zero-order chi connectivity index (χ0) is 8.55.